The minimum absolute atomic E-state index is 0.207. The van der Waals surface area contributed by atoms with Crippen LogP contribution >= 0.6 is 11.6 Å². The third kappa shape index (κ3) is 2.04. The van der Waals surface area contributed by atoms with Crippen molar-refractivity contribution in [3.63, 3.8) is 0 Å². The van der Waals surface area contributed by atoms with Gasteiger partial charge in [0.15, 0.2) is 0 Å². The Hall–Kier alpha value is -2.08. The summed E-state index contributed by atoms with van der Waals surface area (Å²) < 4.78 is 0.686. The van der Waals surface area contributed by atoms with Crippen LogP contribution in [-0.4, -0.2) is 20.6 Å². The second kappa shape index (κ2) is 4.24. The number of carboxylic acid groups (broad SMARTS) is 1. The topological polar surface area (TPSA) is 92.2 Å². The lowest BCUT2D eigenvalue weighted by atomic mass is 10.1. The van der Waals surface area contributed by atoms with Crippen molar-refractivity contribution in [3.8, 4) is 0 Å². The SMILES string of the molecule is CC(C)(C(=O)O)n1c(=O)[nH]c2cc(Cl)ccc2c1=O. The van der Waals surface area contributed by atoms with Gasteiger partial charge < -0.3 is 10.1 Å². The molecule has 0 aliphatic rings. The van der Waals surface area contributed by atoms with Crippen molar-refractivity contribution >= 4 is 28.5 Å². The van der Waals surface area contributed by atoms with Crippen LogP contribution in [0, 0.1) is 0 Å². The van der Waals surface area contributed by atoms with Crippen LogP contribution < -0.4 is 11.2 Å². The highest BCUT2D eigenvalue weighted by molar-refractivity contribution is 6.31. The zero-order valence-electron chi connectivity index (χ0n) is 10.2. The van der Waals surface area contributed by atoms with Crippen LogP contribution in [-0.2, 0) is 10.3 Å². The number of nitrogens with one attached hydrogen (secondary N) is 1. The van der Waals surface area contributed by atoms with Crippen LogP contribution in [0.3, 0.4) is 0 Å². The lowest BCUT2D eigenvalue weighted by molar-refractivity contribution is -0.146. The Morgan fingerprint density at radius 3 is 2.58 bits per heavy atom. The van der Waals surface area contributed by atoms with Crippen LogP contribution in [0.1, 0.15) is 13.8 Å². The molecule has 0 unspecified atom stereocenters. The van der Waals surface area contributed by atoms with E-state index in [0.717, 1.165) is 0 Å². The number of fused-ring (bicyclic) bond motifs is 1. The van der Waals surface area contributed by atoms with Gasteiger partial charge in [-0.25, -0.2) is 14.2 Å². The van der Waals surface area contributed by atoms with Gasteiger partial charge in [-0.1, -0.05) is 11.6 Å². The minimum atomic E-state index is -1.64. The molecular weight excluding hydrogens is 272 g/mol. The average Bonchev–Trinajstić information content (AvgIpc) is 2.27. The molecule has 1 aromatic heterocycles. The molecule has 0 radical (unpaired) electrons. The predicted octanol–water partition coefficient (Wildman–Crippen LogP) is 1.16. The van der Waals surface area contributed by atoms with Gasteiger partial charge >= 0.3 is 11.7 Å². The number of nitrogens with zero attached hydrogens (tertiary/aromatic N) is 1. The maximum atomic E-state index is 12.2. The average molecular weight is 283 g/mol. The van der Waals surface area contributed by atoms with Crippen LogP contribution in [0.25, 0.3) is 10.9 Å². The summed E-state index contributed by atoms with van der Waals surface area (Å²) in [5, 5.41) is 9.71. The van der Waals surface area contributed by atoms with Gasteiger partial charge in [0.1, 0.15) is 5.54 Å². The smallest absolute Gasteiger partial charge is 0.329 e. The first-order chi connectivity index (χ1) is 8.75. The van der Waals surface area contributed by atoms with Gasteiger partial charge in [0, 0.05) is 5.02 Å². The van der Waals surface area contributed by atoms with Crippen LogP contribution in [0.15, 0.2) is 27.8 Å². The number of aliphatic carboxylic acids is 1. The van der Waals surface area contributed by atoms with Crippen molar-refractivity contribution in [2.75, 3.05) is 0 Å². The third-order valence-corrected chi connectivity index (χ3v) is 3.18. The van der Waals surface area contributed by atoms with E-state index < -0.39 is 22.8 Å². The lowest BCUT2D eigenvalue weighted by Crippen LogP contribution is -2.50. The number of aromatic amines is 1. The van der Waals surface area contributed by atoms with Crippen molar-refractivity contribution in [1.29, 1.82) is 0 Å². The van der Waals surface area contributed by atoms with Crippen molar-refractivity contribution in [1.82, 2.24) is 9.55 Å². The van der Waals surface area contributed by atoms with Crippen LogP contribution in [0.5, 0.6) is 0 Å². The molecule has 2 rings (SSSR count). The summed E-state index contributed by atoms with van der Waals surface area (Å²) in [7, 11) is 0. The molecule has 100 valence electrons. The normalized spacial score (nSPS) is 11.7. The second-order valence-corrected chi connectivity index (χ2v) is 5.06. The molecule has 1 heterocycles. The van der Waals surface area contributed by atoms with E-state index >= 15 is 0 Å². The van der Waals surface area contributed by atoms with Gasteiger partial charge in [-0.3, -0.25) is 4.79 Å². The fraction of sp³-hybridized carbons (Fsp3) is 0.250. The second-order valence-electron chi connectivity index (χ2n) is 4.62. The van der Waals surface area contributed by atoms with E-state index in [0.29, 0.717) is 9.59 Å². The highest BCUT2D eigenvalue weighted by Gasteiger charge is 2.33. The summed E-state index contributed by atoms with van der Waals surface area (Å²) >= 11 is 5.78. The maximum absolute atomic E-state index is 12.2. The molecule has 0 amide bonds. The monoisotopic (exact) mass is 282 g/mol. The summed E-state index contributed by atoms with van der Waals surface area (Å²) in [5.41, 5.74) is -2.81. The van der Waals surface area contributed by atoms with E-state index in [4.69, 9.17) is 16.7 Å². The molecule has 0 saturated carbocycles. The van der Waals surface area contributed by atoms with Gasteiger partial charge in [-0.15, -0.1) is 0 Å². The molecule has 0 atom stereocenters. The van der Waals surface area contributed by atoms with Crippen molar-refractivity contribution < 1.29 is 9.90 Å². The maximum Gasteiger partial charge on any atom is 0.329 e. The Bertz CT molecular complexity index is 788. The summed E-state index contributed by atoms with van der Waals surface area (Å²) in [6.07, 6.45) is 0. The van der Waals surface area contributed by atoms with Crippen LogP contribution in [0.4, 0.5) is 0 Å². The van der Waals surface area contributed by atoms with E-state index in [1.165, 1.54) is 32.0 Å². The van der Waals surface area contributed by atoms with E-state index in [1.54, 1.807) is 0 Å². The van der Waals surface area contributed by atoms with Gasteiger partial charge in [0.2, 0.25) is 0 Å². The Morgan fingerprint density at radius 2 is 2.00 bits per heavy atom. The molecule has 7 heteroatoms. The molecule has 0 fully saturated rings. The quantitative estimate of drug-likeness (QED) is 0.864. The molecule has 1 aromatic carbocycles. The summed E-state index contributed by atoms with van der Waals surface area (Å²) in [6.45, 7) is 2.57. The Kier molecular flexibility index (Phi) is 2.98. The fourth-order valence-corrected chi connectivity index (χ4v) is 1.97. The first kappa shape index (κ1) is 13.4. The van der Waals surface area contributed by atoms with Gasteiger partial charge in [0.05, 0.1) is 10.9 Å². The molecule has 6 nitrogen and oxygen atoms in total. The molecule has 0 bridgehead atoms. The van der Waals surface area contributed by atoms with Gasteiger partial charge in [0.25, 0.3) is 5.56 Å². The molecule has 0 saturated heterocycles. The van der Waals surface area contributed by atoms with Gasteiger partial charge in [-0.05, 0) is 32.0 Å². The number of hydrogen-bond acceptors (Lipinski definition) is 3. The predicted molar refractivity (Wildman–Crippen MR) is 70.8 cm³/mol. The highest BCUT2D eigenvalue weighted by Crippen LogP contribution is 2.15. The van der Waals surface area contributed by atoms with E-state index in [-0.39, 0.29) is 10.9 Å². The summed E-state index contributed by atoms with van der Waals surface area (Å²) in [5.74, 6) is -1.27. The molecule has 0 spiro atoms. The lowest BCUT2D eigenvalue weighted by Gasteiger charge is -2.21. The third-order valence-electron chi connectivity index (χ3n) is 2.94. The largest absolute Gasteiger partial charge is 0.480 e. The number of aromatic nitrogens is 2. The number of hydrogen-bond donors (Lipinski definition) is 2. The Balaban J connectivity index is 2.93. The zero-order chi connectivity index (χ0) is 14.4. The number of halogens is 1. The Morgan fingerprint density at radius 1 is 1.37 bits per heavy atom. The van der Waals surface area contributed by atoms with E-state index in [2.05, 4.69) is 4.98 Å². The fourth-order valence-electron chi connectivity index (χ4n) is 1.79. The molecular formula is C12H11ClN2O4. The molecule has 0 aliphatic carbocycles. The van der Waals surface area contributed by atoms with E-state index in [1.807, 2.05) is 0 Å². The number of rotatable bonds is 2. The van der Waals surface area contributed by atoms with Crippen LogP contribution in [0.2, 0.25) is 5.02 Å². The standard InChI is InChI=1S/C12H11ClN2O4/c1-12(2,10(17)18)15-9(16)7-4-3-6(13)5-8(7)14-11(15)19/h3-5H,1-2H3,(H,14,19)(H,17,18). The number of carboxylic acids is 1. The molecule has 2 aromatic rings. The van der Waals surface area contributed by atoms with Crippen molar-refractivity contribution in [3.05, 3.63) is 44.1 Å². The summed E-state index contributed by atoms with van der Waals surface area (Å²) in [4.78, 5) is 37.8. The Labute approximate surface area is 112 Å². The van der Waals surface area contributed by atoms with Crippen molar-refractivity contribution in [2.24, 2.45) is 0 Å². The number of H-pyrrole nitrogens is 1. The number of carbonyl (C=O) groups is 1. The molecule has 0 aliphatic heterocycles. The first-order valence-electron chi connectivity index (χ1n) is 5.43. The number of benzene rings is 1. The van der Waals surface area contributed by atoms with E-state index in [9.17, 15) is 14.4 Å². The minimum Gasteiger partial charge on any atom is -0.480 e. The van der Waals surface area contributed by atoms with Gasteiger partial charge in [-0.2, -0.15) is 0 Å². The molecule has 19 heavy (non-hydrogen) atoms. The first-order valence-corrected chi connectivity index (χ1v) is 5.81. The van der Waals surface area contributed by atoms with Crippen molar-refractivity contribution in [2.45, 2.75) is 19.4 Å². The summed E-state index contributed by atoms with van der Waals surface area (Å²) in [6, 6.07) is 4.39. The zero-order valence-corrected chi connectivity index (χ0v) is 11.0. The highest BCUT2D eigenvalue weighted by atomic mass is 35.5. The molecule has 2 N–H and O–H groups in total.